The van der Waals surface area contributed by atoms with Crippen molar-refractivity contribution >= 4 is 42.7 Å². The molecule has 0 atom stereocenters. The summed E-state index contributed by atoms with van der Waals surface area (Å²) < 4.78 is 16.1. The lowest BCUT2D eigenvalue weighted by atomic mass is 10.4. The third kappa shape index (κ3) is 10.2. The van der Waals surface area contributed by atoms with Gasteiger partial charge in [0, 0.05) is 20.3 Å². The fourth-order valence-corrected chi connectivity index (χ4v) is 3.09. The van der Waals surface area contributed by atoms with E-state index in [4.69, 9.17) is 5.11 Å². The lowest BCUT2D eigenvalue weighted by Crippen LogP contribution is -2.08. The zero-order chi connectivity index (χ0) is 32.5. The van der Waals surface area contributed by atoms with E-state index in [2.05, 4.69) is 24.2 Å². The second-order valence-corrected chi connectivity index (χ2v) is 7.95. The van der Waals surface area contributed by atoms with Gasteiger partial charge in [-0.25, -0.2) is 19.2 Å². The standard InChI is InChI=1S/C8H9NO3.2C7H7NO3.C6H7NO2/c1-9-6(5-10)3-4-7(9)8(11)12-2;1-11-7(10)6-3-2-5(4-9)8-6;1-8-5(4-9)2-3-6(8)7(10)11;1-9-6(8)5-3-2-4-7-5/h3-5H,1-2H3;2-4,8H,1H3;2-4H,1H3,(H,10,11);2-4,7H,1H3. The Labute approximate surface area is 245 Å². The molecule has 0 aliphatic carbocycles. The van der Waals surface area contributed by atoms with Gasteiger partial charge >= 0.3 is 23.9 Å². The number of carboxylic acid groups (broad SMARTS) is 1. The molecular formula is C28H30N4O11. The largest absolute Gasteiger partial charge is 0.477 e. The first-order chi connectivity index (χ1) is 20.5. The minimum atomic E-state index is -1.03. The molecule has 4 heterocycles. The number of ether oxygens (including phenoxy) is 3. The Balaban J connectivity index is 0.000000288. The monoisotopic (exact) mass is 598 g/mol. The number of aromatic carboxylic acids is 1. The van der Waals surface area contributed by atoms with Crippen molar-refractivity contribution in [2.75, 3.05) is 21.3 Å². The Morgan fingerprint density at radius 1 is 0.674 bits per heavy atom. The van der Waals surface area contributed by atoms with Gasteiger partial charge < -0.3 is 38.4 Å². The molecule has 0 aliphatic rings. The van der Waals surface area contributed by atoms with Crippen LogP contribution in [0.25, 0.3) is 0 Å². The van der Waals surface area contributed by atoms with Gasteiger partial charge in [-0.3, -0.25) is 14.4 Å². The number of carboxylic acids is 1. The van der Waals surface area contributed by atoms with E-state index in [-0.39, 0.29) is 17.4 Å². The molecule has 15 heteroatoms. The van der Waals surface area contributed by atoms with Crippen LogP contribution in [-0.2, 0) is 28.3 Å². The van der Waals surface area contributed by atoms with Crippen LogP contribution in [0.3, 0.4) is 0 Å². The normalized spacial score (nSPS) is 9.33. The van der Waals surface area contributed by atoms with Crippen molar-refractivity contribution < 1.29 is 52.9 Å². The van der Waals surface area contributed by atoms with E-state index in [0.717, 1.165) is 0 Å². The summed E-state index contributed by atoms with van der Waals surface area (Å²) in [6.07, 6.45) is 3.61. The van der Waals surface area contributed by atoms with Gasteiger partial charge in [0.2, 0.25) is 0 Å². The topological polar surface area (TPSA) is 209 Å². The fraction of sp³-hybridized carbons (Fsp3) is 0.179. The number of aromatic nitrogens is 4. The number of aldehydes is 3. The molecule has 0 saturated heterocycles. The molecule has 0 saturated carbocycles. The van der Waals surface area contributed by atoms with Crippen LogP contribution in [-0.4, -0.2) is 88.3 Å². The van der Waals surface area contributed by atoms with Gasteiger partial charge in [0.15, 0.2) is 18.9 Å². The predicted octanol–water partition coefficient (Wildman–Crippen LogP) is 2.58. The molecular weight excluding hydrogens is 568 g/mol. The molecule has 43 heavy (non-hydrogen) atoms. The number of methoxy groups -OCH3 is 3. The van der Waals surface area contributed by atoms with E-state index in [0.29, 0.717) is 47.3 Å². The third-order valence-corrected chi connectivity index (χ3v) is 5.42. The van der Waals surface area contributed by atoms with Crippen molar-refractivity contribution in [2.45, 2.75) is 0 Å². The average Bonchev–Trinajstić information content (AvgIpc) is 3.84. The summed E-state index contributed by atoms with van der Waals surface area (Å²) in [4.78, 5) is 78.9. The molecule has 4 rings (SSSR count). The van der Waals surface area contributed by atoms with Crippen molar-refractivity contribution in [3.8, 4) is 0 Å². The van der Waals surface area contributed by atoms with E-state index in [1.54, 1.807) is 37.5 Å². The van der Waals surface area contributed by atoms with Gasteiger partial charge in [0.05, 0.1) is 38.4 Å². The fourth-order valence-electron chi connectivity index (χ4n) is 3.09. The SMILES string of the molecule is COC(=O)c1ccc(C=O)[nH]1.COC(=O)c1ccc(C=O)n1C.COC(=O)c1ccc[nH]1.Cn1c(C=O)ccc1C(=O)O. The number of nitrogens with zero attached hydrogens (tertiary/aromatic N) is 2. The van der Waals surface area contributed by atoms with Gasteiger partial charge in [-0.05, 0) is 48.5 Å². The molecule has 3 N–H and O–H groups in total. The number of aromatic amines is 2. The van der Waals surface area contributed by atoms with Crippen LogP contribution in [0.4, 0.5) is 0 Å². The number of nitrogens with one attached hydrogen (secondary N) is 2. The minimum Gasteiger partial charge on any atom is -0.477 e. The molecule has 15 nitrogen and oxygen atoms in total. The summed E-state index contributed by atoms with van der Waals surface area (Å²) in [6.45, 7) is 0. The first-order valence-electron chi connectivity index (χ1n) is 12.0. The molecule has 0 fully saturated rings. The Morgan fingerprint density at radius 2 is 1.19 bits per heavy atom. The van der Waals surface area contributed by atoms with Crippen LogP contribution in [0.15, 0.2) is 54.7 Å². The molecule has 0 bridgehead atoms. The van der Waals surface area contributed by atoms with Crippen molar-refractivity contribution in [1.82, 2.24) is 19.1 Å². The van der Waals surface area contributed by atoms with Crippen LogP contribution in [0.5, 0.6) is 0 Å². The molecule has 4 aromatic rings. The third-order valence-electron chi connectivity index (χ3n) is 5.42. The summed E-state index contributed by atoms with van der Waals surface area (Å²) in [5.74, 6) is -2.27. The Morgan fingerprint density at radius 3 is 1.56 bits per heavy atom. The summed E-state index contributed by atoms with van der Waals surface area (Å²) in [5.41, 5.74) is 2.45. The highest BCUT2D eigenvalue weighted by molar-refractivity contribution is 5.90. The Kier molecular flexibility index (Phi) is 14.4. The second kappa shape index (κ2) is 17.6. The van der Waals surface area contributed by atoms with Crippen LogP contribution in [0.2, 0.25) is 0 Å². The van der Waals surface area contributed by atoms with Crippen molar-refractivity contribution in [1.29, 1.82) is 0 Å². The van der Waals surface area contributed by atoms with Crippen molar-refractivity contribution in [3.05, 3.63) is 94.6 Å². The quantitative estimate of drug-likeness (QED) is 0.160. The lowest BCUT2D eigenvalue weighted by molar-refractivity contribution is 0.0582. The molecule has 0 aliphatic heterocycles. The van der Waals surface area contributed by atoms with Crippen LogP contribution < -0.4 is 0 Å². The van der Waals surface area contributed by atoms with Gasteiger partial charge in [-0.15, -0.1) is 0 Å². The molecule has 0 amide bonds. The van der Waals surface area contributed by atoms with Crippen LogP contribution >= 0.6 is 0 Å². The van der Waals surface area contributed by atoms with E-state index in [1.165, 1.54) is 61.8 Å². The van der Waals surface area contributed by atoms with E-state index in [1.807, 2.05) is 0 Å². The minimum absolute atomic E-state index is 0.118. The average molecular weight is 599 g/mol. The number of carbonyl (C=O) groups excluding carboxylic acids is 6. The number of H-pyrrole nitrogens is 2. The van der Waals surface area contributed by atoms with Crippen molar-refractivity contribution in [3.63, 3.8) is 0 Å². The highest BCUT2D eigenvalue weighted by atomic mass is 16.5. The first-order valence-corrected chi connectivity index (χ1v) is 12.0. The summed E-state index contributed by atoms with van der Waals surface area (Å²) in [7, 11) is 7.10. The summed E-state index contributed by atoms with van der Waals surface area (Å²) in [5, 5.41) is 8.54. The van der Waals surface area contributed by atoms with Crippen molar-refractivity contribution in [2.24, 2.45) is 14.1 Å². The molecule has 0 radical (unpaired) electrons. The zero-order valence-electron chi connectivity index (χ0n) is 23.9. The van der Waals surface area contributed by atoms with Gasteiger partial charge in [-0.1, -0.05) is 0 Å². The second-order valence-electron chi connectivity index (χ2n) is 7.95. The van der Waals surface area contributed by atoms with Gasteiger partial charge in [0.25, 0.3) is 0 Å². The Bertz CT molecular complexity index is 1540. The maximum Gasteiger partial charge on any atom is 0.354 e. The number of esters is 3. The maximum atomic E-state index is 11.0. The van der Waals surface area contributed by atoms with Gasteiger partial charge in [0.1, 0.15) is 22.8 Å². The van der Waals surface area contributed by atoms with E-state index in [9.17, 15) is 33.6 Å². The molecule has 228 valence electrons. The summed E-state index contributed by atoms with van der Waals surface area (Å²) >= 11 is 0. The van der Waals surface area contributed by atoms with Crippen LogP contribution in [0.1, 0.15) is 73.4 Å². The molecule has 0 unspecified atom stereocenters. The highest BCUT2D eigenvalue weighted by Gasteiger charge is 2.11. The number of carbonyl (C=O) groups is 7. The molecule has 4 aromatic heterocycles. The number of hydrogen-bond acceptors (Lipinski definition) is 10. The van der Waals surface area contributed by atoms with Gasteiger partial charge in [-0.2, -0.15) is 0 Å². The molecule has 0 spiro atoms. The lowest BCUT2D eigenvalue weighted by Gasteiger charge is -2.00. The smallest absolute Gasteiger partial charge is 0.354 e. The molecule has 0 aromatic carbocycles. The Hall–Kier alpha value is -5.99. The zero-order valence-corrected chi connectivity index (χ0v) is 23.9. The first kappa shape index (κ1) is 35.0. The van der Waals surface area contributed by atoms with E-state index >= 15 is 0 Å². The summed E-state index contributed by atoms with van der Waals surface area (Å²) in [6, 6.07) is 12.4. The van der Waals surface area contributed by atoms with Crippen LogP contribution in [0, 0.1) is 0 Å². The maximum absolute atomic E-state index is 11.0. The number of hydrogen-bond donors (Lipinski definition) is 3. The highest BCUT2D eigenvalue weighted by Crippen LogP contribution is 2.06. The number of rotatable bonds is 7. The van der Waals surface area contributed by atoms with E-state index < -0.39 is 17.9 Å². The predicted molar refractivity (Wildman–Crippen MR) is 150 cm³/mol.